The molecule has 0 spiro atoms. The van der Waals surface area contributed by atoms with E-state index in [1.165, 1.54) is 17.4 Å². The fraction of sp³-hybridized carbons (Fsp3) is 0.500. The number of thioether (sulfide) groups is 1. The van der Waals surface area contributed by atoms with Gasteiger partial charge < -0.3 is 5.32 Å². The molecule has 0 atom stereocenters. The van der Waals surface area contributed by atoms with Crippen LogP contribution in [0.5, 0.6) is 0 Å². The van der Waals surface area contributed by atoms with Crippen LogP contribution in [0.25, 0.3) is 0 Å². The maximum atomic E-state index is 10.8. The van der Waals surface area contributed by atoms with Gasteiger partial charge in [0.25, 0.3) is 0 Å². The Labute approximate surface area is 84.5 Å². The van der Waals surface area contributed by atoms with Crippen LogP contribution in [0.2, 0.25) is 0 Å². The van der Waals surface area contributed by atoms with E-state index in [-0.39, 0.29) is 5.91 Å². The number of nitrogens with one attached hydrogen (secondary N) is 1. The van der Waals surface area contributed by atoms with Gasteiger partial charge in [-0.3, -0.25) is 4.79 Å². The smallest absolute Gasteiger partial charge is 0.221 e. The number of rotatable bonds is 3. The van der Waals surface area contributed by atoms with Gasteiger partial charge in [0.05, 0.1) is 5.03 Å². The van der Waals surface area contributed by atoms with Crippen LogP contribution in [0.1, 0.15) is 34.6 Å². The van der Waals surface area contributed by atoms with Crippen LogP contribution in [-0.2, 0) is 4.79 Å². The summed E-state index contributed by atoms with van der Waals surface area (Å²) in [5.74, 6) is -0.0258. The maximum absolute atomic E-state index is 10.8. The van der Waals surface area contributed by atoms with E-state index in [4.69, 9.17) is 0 Å². The van der Waals surface area contributed by atoms with Gasteiger partial charge in [0.15, 0.2) is 0 Å². The predicted molar refractivity (Wildman–Crippen MR) is 59.2 cm³/mol. The highest BCUT2D eigenvalue weighted by molar-refractivity contribution is 8.06. The lowest BCUT2D eigenvalue weighted by molar-refractivity contribution is -0.118. The molecule has 74 valence electrons. The zero-order valence-electron chi connectivity index (χ0n) is 8.89. The summed E-state index contributed by atoms with van der Waals surface area (Å²) in [5.41, 5.74) is 1.27. The molecular formula is C10H17NOS. The zero-order chi connectivity index (χ0) is 10.4. The van der Waals surface area contributed by atoms with Crippen molar-refractivity contribution < 1.29 is 4.79 Å². The van der Waals surface area contributed by atoms with Crippen molar-refractivity contribution in [3.8, 4) is 0 Å². The SMILES string of the molecule is C/C=C(/NC(C)=O)SC(C)=C(C)C. The molecule has 0 aliphatic heterocycles. The first-order chi connectivity index (χ1) is 5.97. The Kier molecular flexibility index (Phi) is 5.55. The lowest BCUT2D eigenvalue weighted by atomic mass is 10.3. The first kappa shape index (κ1) is 12.3. The molecule has 0 rings (SSSR count). The summed E-state index contributed by atoms with van der Waals surface area (Å²) < 4.78 is 0. The number of amides is 1. The second-order valence-electron chi connectivity index (χ2n) is 2.99. The molecule has 0 bridgehead atoms. The number of hydrogen-bond acceptors (Lipinski definition) is 2. The van der Waals surface area contributed by atoms with Crippen LogP contribution in [0, 0.1) is 0 Å². The second-order valence-corrected chi connectivity index (χ2v) is 4.25. The highest BCUT2D eigenvalue weighted by atomic mass is 32.2. The third-order valence-electron chi connectivity index (χ3n) is 1.53. The third-order valence-corrected chi connectivity index (χ3v) is 2.80. The summed E-state index contributed by atoms with van der Waals surface area (Å²) in [5, 5.41) is 3.66. The lowest BCUT2D eigenvalue weighted by Crippen LogP contribution is -2.16. The summed E-state index contributed by atoms with van der Waals surface area (Å²) in [6.07, 6.45) is 1.90. The molecule has 0 aromatic rings. The molecule has 13 heavy (non-hydrogen) atoms. The van der Waals surface area contributed by atoms with E-state index in [1.54, 1.807) is 11.8 Å². The van der Waals surface area contributed by atoms with E-state index < -0.39 is 0 Å². The Balaban J connectivity index is 4.33. The van der Waals surface area contributed by atoms with Crippen LogP contribution in [0.15, 0.2) is 21.6 Å². The van der Waals surface area contributed by atoms with E-state index in [2.05, 4.69) is 19.2 Å². The molecule has 0 heterocycles. The monoisotopic (exact) mass is 199 g/mol. The van der Waals surface area contributed by atoms with Crippen LogP contribution in [0.4, 0.5) is 0 Å². The molecule has 0 radical (unpaired) electrons. The average Bonchev–Trinajstić information content (AvgIpc) is 2.02. The molecule has 0 unspecified atom stereocenters. The number of allylic oxidation sites excluding steroid dienone is 3. The van der Waals surface area contributed by atoms with Crippen molar-refractivity contribution >= 4 is 17.7 Å². The van der Waals surface area contributed by atoms with Crippen molar-refractivity contribution in [1.82, 2.24) is 5.32 Å². The van der Waals surface area contributed by atoms with Crippen molar-refractivity contribution in [2.75, 3.05) is 0 Å². The minimum Gasteiger partial charge on any atom is -0.321 e. The number of carbonyl (C=O) groups is 1. The topological polar surface area (TPSA) is 29.1 Å². The summed E-state index contributed by atoms with van der Waals surface area (Å²) >= 11 is 1.59. The lowest BCUT2D eigenvalue weighted by Gasteiger charge is -2.08. The van der Waals surface area contributed by atoms with E-state index in [1.807, 2.05) is 19.9 Å². The van der Waals surface area contributed by atoms with Gasteiger partial charge in [0.2, 0.25) is 5.91 Å². The summed E-state index contributed by atoms with van der Waals surface area (Å²) in [7, 11) is 0. The molecule has 3 heteroatoms. The maximum Gasteiger partial charge on any atom is 0.221 e. The standard InChI is InChI=1S/C10H17NOS/c1-6-10(11-9(5)12)13-8(4)7(2)3/h6H,1-5H3,(H,11,12)/b10-6-. The quantitative estimate of drug-likeness (QED) is 0.757. The summed E-state index contributed by atoms with van der Waals surface area (Å²) in [6, 6.07) is 0. The minimum absolute atomic E-state index is 0.0258. The largest absolute Gasteiger partial charge is 0.321 e. The Hall–Kier alpha value is -0.700. The Bertz CT molecular complexity index is 250. The molecule has 2 nitrogen and oxygen atoms in total. The fourth-order valence-corrected chi connectivity index (χ4v) is 1.44. The van der Waals surface area contributed by atoms with Gasteiger partial charge in [-0.15, -0.1) is 0 Å². The highest BCUT2D eigenvalue weighted by Gasteiger charge is 2.01. The van der Waals surface area contributed by atoms with E-state index in [9.17, 15) is 4.79 Å². The molecule has 0 fully saturated rings. The van der Waals surface area contributed by atoms with Gasteiger partial charge >= 0.3 is 0 Å². The summed E-state index contributed by atoms with van der Waals surface area (Å²) in [6.45, 7) is 9.59. The Morgan fingerprint density at radius 3 is 2.08 bits per heavy atom. The van der Waals surface area contributed by atoms with Gasteiger partial charge in [-0.1, -0.05) is 23.4 Å². The number of carbonyl (C=O) groups excluding carboxylic acids is 1. The first-order valence-corrected chi connectivity index (χ1v) is 5.04. The van der Waals surface area contributed by atoms with Crippen molar-refractivity contribution in [3.05, 3.63) is 21.6 Å². The molecule has 1 N–H and O–H groups in total. The highest BCUT2D eigenvalue weighted by Crippen LogP contribution is 2.25. The van der Waals surface area contributed by atoms with Gasteiger partial charge in [0, 0.05) is 6.92 Å². The van der Waals surface area contributed by atoms with Gasteiger partial charge in [0.1, 0.15) is 0 Å². The fourth-order valence-electron chi connectivity index (χ4n) is 0.597. The minimum atomic E-state index is -0.0258. The molecule has 0 aliphatic carbocycles. The Morgan fingerprint density at radius 1 is 1.23 bits per heavy atom. The first-order valence-electron chi connectivity index (χ1n) is 4.23. The van der Waals surface area contributed by atoms with Crippen LogP contribution in [-0.4, -0.2) is 5.91 Å². The van der Waals surface area contributed by atoms with Gasteiger partial charge in [-0.25, -0.2) is 0 Å². The second kappa shape index (κ2) is 5.86. The predicted octanol–water partition coefficient (Wildman–Crippen LogP) is 3.03. The van der Waals surface area contributed by atoms with E-state index in [0.717, 1.165) is 5.03 Å². The summed E-state index contributed by atoms with van der Waals surface area (Å²) in [4.78, 5) is 12.0. The van der Waals surface area contributed by atoms with Crippen molar-refractivity contribution in [2.45, 2.75) is 34.6 Å². The number of hydrogen-bond donors (Lipinski definition) is 1. The zero-order valence-corrected chi connectivity index (χ0v) is 9.71. The van der Waals surface area contributed by atoms with Crippen molar-refractivity contribution in [3.63, 3.8) is 0 Å². The molecule has 0 saturated carbocycles. The van der Waals surface area contributed by atoms with E-state index in [0.29, 0.717) is 0 Å². The molecule has 0 aromatic carbocycles. The molecule has 0 saturated heterocycles. The molecular weight excluding hydrogens is 182 g/mol. The van der Waals surface area contributed by atoms with Crippen LogP contribution < -0.4 is 5.32 Å². The molecule has 0 aromatic heterocycles. The van der Waals surface area contributed by atoms with Gasteiger partial charge in [-0.2, -0.15) is 0 Å². The van der Waals surface area contributed by atoms with Crippen molar-refractivity contribution in [2.24, 2.45) is 0 Å². The average molecular weight is 199 g/mol. The Morgan fingerprint density at radius 2 is 1.77 bits per heavy atom. The van der Waals surface area contributed by atoms with Crippen molar-refractivity contribution in [1.29, 1.82) is 0 Å². The van der Waals surface area contributed by atoms with Gasteiger partial charge in [-0.05, 0) is 32.6 Å². The van der Waals surface area contributed by atoms with Crippen LogP contribution in [0.3, 0.4) is 0 Å². The third kappa shape index (κ3) is 5.53. The molecule has 1 amide bonds. The van der Waals surface area contributed by atoms with E-state index >= 15 is 0 Å². The molecule has 0 aliphatic rings. The normalized spacial score (nSPS) is 11.0. The van der Waals surface area contributed by atoms with Crippen LogP contribution >= 0.6 is 11.8 Å².